The normalized spacial score (nSPS) is 16.4. The van der Waals surface area contributed by atoms with Crippen molar-refractivity contribution in [2.75, 3.05) is 20.1 Å². The Kier molecular flexibility index (Phi) is 3.96. The lowest BCUT2D eigenvalue weighted by Crippen LogP contribution is -2.35. The van der Waals surface area contributed by atoms with Gasteiger partial charge in [0.25, 0.3) is 5.91 Å². The number of likely N-dealkylation sites (tertiary alicyclic amines) is 1. The summed E-state index contributed by atoms with van der Waals surface area (Å²) in [5.74, 6) is 0.215. The van der Waals surface area contributed by atoms with E-state index >= 15 is 0 Å². The van der Waals surface area contributed by atoms with E-state index in [0.717, 1.165) is 37.4 Å². The maximum absolute atomic E-state index is 12.1. The number of thiophene rings is 1. The summed E-state index contributed by atoms with van der Waals surface area (Å²) < 4.78 is 0. The van der Waals surface area contributed by atoms with Crippen molar-refractivity contribution in [1.29, 1.82) is 0 Å². The van der Waals surface area contributed by atoms with Gasteiger partial charge >= 0.3 is 0 Å². The number of nitrogens with one attached hydrogen (secondary N) is 1. The van der Waals surface area contributed by atoms with E-state index in [1.54, 1.807) is 11.3 Å². The van der Waals surface area contributed by atoms with Gasteiger partial charge in [0.1, 0.15) is 0 Å². The van der Waals surface area contributed by atoms with Gasteiger partial charge in [-0.3, -0.25) is 4.79 Å². The fourth-order valence-electron chi connectivity index (χ4n) is 2.01. The van der Waals surface area contributed by atoms with Gasteiger partial charge in [0.05, 0.1) is 4.88 Å². The SMILES string of the molecule is CNCc1ccc(C(=O)N2CCCCC2)s1. The van der Waals surface area contributed by atoms with Gasteiger partial charge in [-0.05, 0) is 38.4 Å². The summed E-state index contributed by atoms with van der Waals surface area (Å²) in [6, 6.07) is 3.99. The van der Waals surface area contributed by atoms with E-state index in [1.807, 2.05) is 24.1 Å². The molecule has 1 aromatic heterocycles. The first-order chi connectivity index (χ1) is 7.81. The zero-order valence-corrected chi connectivity index (χ0v) is 10.5. The van der Waals surface area contributed by atoms with Crippen molar-refractivity contribution in [3.63, 3.8) is 0 Å². The standard InChI is InChI=1S/C12H18N2OS/c1-13-9-10-5-6-11(16-10)12(15)14-7-3-2-4-8-14/h5-6,13H,2-4,7-9H2,1H3. The summed E-state index contributed by atoms with van der Waals surface area (Å²) in [5.41, 5.74) is 0. The molecule has 1 aromatic rings. The second-order valence-electron chi connectivity index (χ2n) is 4.15. The van der Waals surface area contributed by atoms with Crippen molar-refractivity contribution in [3.8, 4) is 0 Å². The second kappa shape index (κ2) is 5.46. The molecule has 1 saturated heterocycles. The lowest BCUT2D eigenvalue weighted by atomic mass is 10.1. The Morgan fingerprint density at radius 3 is 2.81 bits per heavy atom. The highest BCUT2D eigenvalue weighted by atomic mass is 32.1. The fourth-order valence-corrected chi connectivity index (χ4v) is 3.00. The van der Waals surface area contributed by atoms with Gasteiger partial charge in [-0.1, -0.05) is 0 Å². The third kappa shape index (κ3) is 2.62. The molecule has 2 rings (SSSR count). The quantitative estimate of drug-likeness (QED) is 0.874. The molecule has 0 bridgehead atoms. The summed E-state index contributed by atoms with van der Waals surface area (Å²) in [6.07, 6.45) is 3.57. The van der Waals surface area contributed by atoms with Crippen LogP contribution in [0.25, 0.3) is 0 Å². The Balaban J connectivity index is 2.01. The first-order valence-corrected chi connectivity index (χ1v) is 6.65. The zero-order valence-electron chi connectivity index (χ0n) is 9.66. The number of hydrogen-bond acceptors (Lipinski definition) is 3. The monoisotopic (exact) mass is 238 g/mol. The number of rotatable bonds is 3. The zero-order chi connectivity index (χ0) is 11.4. The first kappa shape index (κ1) is 11.6. The average Bonchev–Trinajstić information content (AvgIpc) is 2.78. The van der Waals surface area contributed by atoms with Crippen LogP contribution >= 0.6 is 11.3 Å². The summed E-state index contributed by atoms with van der Waals surface area (Å²) in [5, 5.41) is 3.10. The largest absolute Gasteiger partial charge is 0.338 e. The highest BCUT2D eigenvalue weighted by Gasteiger charge is 2.19. The predicted octanol–water partition coefficient (Wildman–Crippen LogP) is 2.09. The smallest absolute Gasteiger partial charge is 0.263 e. The van der Waals surface area contributed by atoms with Gasteiger partial charge in [0, 0.05) is 24.5 Å². The van der Waals surface area contributed by atoms with Gasteiger partial charge in [-0.25, -0.2) is 0 Å². The minimum Gasteiger partial charge on any atom is -0.338 e. The van der Waals surface area contributed by atoms with Crippen LogP contribution in [0.15, 0.2) is 12.1 Å². The Hall–Kier alpha value is -0.870. The van der Waals surface area contributed by atoms with E-state index in [0.29, 0.717) is 0 Å². The molecular weight excluding hydrogens is 220 g/mol. The van der Waals surface area contributed by atoms with Crippen LogP contribution in [-0.2, 0) is 6.54 Å². The molecule has 1 fully saturated rings. The van der Waals surface area contributed by atoms with Crippen LogP contribution in [0.5, 0.6) is 0 Å². The number of carbonyl (C=O) groups excluding carboxylic acids is 1. The third-order valence-corrected chi connectivity index (χ3v) is 3.94. The van der Waals surface area contributed by atoms with Crippen LogP contribution in [0.3, 0.4) is 0 Å². The minimum absolute atomic E-state index is 0.215. The average molecular weight is 238 g/mol. The molecule has 0 aliphatic carbocycles. The van der Waals surface area contributed by atoms with E-state index in [-0.39, 0.29) is 5.91 Å². The molecule has 0 spiro atoms. The lowest BCUT2D eigenvalue weighted by molar-refractivity contribution is 0.0729. The molecule has 4 heteroatoms. The Morgan fingerprint density at radius 2 is 2.12 bits per heavy atom. The van der Waals surface area contributed by atoms with Crippen LogP contribution in [0.1, 0.15) is 33.8 Å². The summed E-state index contributed by atoms with van der Waals surface area (Å²) in [6.45, 7) is 2.70. The van der Waals surface area contributed by atoms with Gasteiger partial charge in [0.15, 0.2) is 0 Å². The van der Waals surface area contributed by atoms with Crippen LogP contribution in [0.2, 0.25) is 0 Å². The maximum Gasteiger partial charge on any atom is 0.263 e. The van der Waals surface area contributed by atoms with E-state index in [2.05, 4.69) is 5.32 Å². The molecule has 16 heavy (non-hydrogen) atoms. The van der Waals surface area contributed by atoms with Gasteiger partial charge in [-0.15, -0.1) is 11.3 Å². The number of piperidine rings is 1. The van der Waals surface area contributed by atoms with Crippen molar-refractivity contribution in [1.82, 2.24) is 10.2 Å². The molecule has 1 amide bonds. The van der Waals surface area contributed by atoms with E-state index in [4.69, 9.17) is 0 Å². The van der Waals surface area contributed by atoms with Crippen LogP contribution in [0, 0.1) is 0 Å². The topological polar surface area (TPSA) is 32.3 Å². The van der Waals surface area contributed by atoms with Crippen molar-refractivity contribution in [2.24, 2.45) is 0 Å². The number of carbonyl (C=O) groups is 1. The fraction of sp³-hybridized carbons (Fsp3) is 0.583. The maximum atomic E-state index is 12.1. The molecule has 0 atom stereocenters. The molecule has 0 unspecified atom stereocenters. The summed E-state index contributed by atoms with van der Waals surface area (Å²) >= 11 is 1.61. The summed E-state index contributed by atoms with van der Waals surface area (Å²) in [4.78, 5) is 16.2. The van der Waals surface area contributed by atoms with Crippen molar-refractivity contribution in [2.45, 2.75) is 25.8 Å². The van der Waals surface area contributed by atoms with Gasteiger partial charge in [0.2, 0.25) is 0 Å². The minimum atomic E-state index is 0.215. The molecule has 3 nitrogen and oxygen atoms in total. The molecule has 0 saturated carbocycles. The van der Waals surface area contributed by atoms with Gasteiger partial charge < -0.3 is 10.2 Å². The van der Waals surface area contributed by atoms with Crippen LogP contribution in [-0.4, -0.2) is 30.9 Å². The Labute approximate surface area is 100 Å². The highest BCUT2D eigenvalue weighted by molar-refractivity contribution is 7.14. The molecule has 1 aliphatic heterocycles. The Bertz CT molecular complexity index is 356. The molecule has 1 aliphatic rings. The third-order valence-electron chi connectivity index (χ3n) is 2.87. The second-order valence-corrected chi connectivity index (χ2v) is 5.32. The molecular formula is C12H18N2OS. The van der Waals surface area contributed by atoms with Gasteiger partial charge in [-0.2, -0.15) is 0 Å². The molecule has 2 heterocycles. The summed E-state index contributed by atoms with van der Waals surface area (Å²) in [7, 11) is 1.92. The molecule has 88 valence electrons. The predicted molar refractivity (Wildman–Crippen MR) is 66.8 cm³/mol. The Morgan fingerprint density at radius 1 is 1.38 bits per heavy atom. The number of hydrogen-bond donors (Lipinski definition) is 1. The van der Waals surface area contributed by atoms with Crippen LogP contribution in [0.4, 0.5) is 0 Å². The van der Waals surface area contributed by atoms with E-state index < -0.39 is 0 Å². The lowest BCUT2D eigenvalue weighted by Gasteiger charge is -2.26. The first-order valence-electron chi connectivity index (χ1n) is 5.84. The van der Waals surface area contributed by atoms with E-state index in [1.165, 1.54) is 11.3 Å². The van der Waals surface area contributed by atoms with Crippen molar-refractivity contribution >= 4 is 17.2 Å². The number of amides is 1. The highest BCUT2D eigenvalue weighted by Crippen LogP contribution is 2.20. The van der Waals surface area contributed by atoms with Crippen molar-refractivity contribution < 1.29 is 4.79 Å². The van der Waals surface area contributed by atoms with Crippen LogP contribution < -0.4 is 5.32 Å². The number of nitrogens with zero attached hydrogens (tertiary/aromatic N) is 1. The molecule has 0 aromatic carbocycles. The van der Waals surface area contributed by atoms with Crippen molar-refractivity contribution in [3.05, 3.63) is 21.9 Å². The molecule has 0 radical (unpaired) electrons. The van der Waals surface area contributed by atoms with E-state index in [9.17, 15) is 4.79 Å². The molecule has 1 N–H and O–H groups in total.